The largest absolute Gasteiger partial charge is 0.506 e. The number of carbonyl (C=O) groups is 1. The summed E-state index contributed by atoms with van der Waals surface area (Å²) < 4.78 is 47.0. The number of nitrogens with one attached hydrogen (secondary N) is 2. The van der Waals surface area contributed by atoms with Crippen LogP contribution in [0.25, 0.3) is 0 Å². The molecule has 1 aliphatic rings. The quantitative estimate of drug-likeness (QED) is 0.695. The minimum atomic E-state index is -3.89. The van der Waals surface area contributed by atoms with Crippen LogP contribution in [0.2, 0.25) is 5.02 Å². The van der Waals surface area contributed by atoms with Crippen molar-refractivity contribution in [3.63, 3.8) is 0 Å². The summed E-state index contributed by atoms with van der Waals surface area (Å²) in [6.45, 7) is -0.0716. The maximum atomic E-state index is 14.6. The first-order valence-corrected chi connectivity index (χ1v) is 9.53. The number of nitrogens with zero attached hydrogens (tertiary/aromatic N) is 1. The van der Waals surface area contributed by atoms with Gasteiger partial charge in [0, 0.05) is 24.2 Å². The maximum Gasteiger partial charge on any atom is 0.415 e. The van der Waals surface area contributed by atoms with E-state index < -0.39 is 22.1 Å². The molecule has 1 heterocycles. The van der Waals surface area contributed by atoms with Gasteiger partial charge in [0.05, 0.1) is 23.8 Å². The molecule has 0 aromatic heterocycles. The number of ether oxygens (including phenoxy) is 1. The van der Waals surface area contributed by atoms with Crippen molar-refractivity contribution in [1.82, 2.24) is 9.62 Å². The van der Waals surface area contributed by atoms with E-state index in [9.17, 15) is 22.7 Å². The fourth-order valence-electron chi connectivity index (χ4n) is 2.53. The van der Waals surface area contributed by atoms with Gasteiger partial charge in [-0.3, -0.25) is 9.62 Å². The first-order chi connectivity index (χ1) is 12.7. The highest BCUT2D eigenvalue weighted by atomic mass is 35.5. The summed E-state index contributed by atoms with van der Waals surface area (Å²) in [5.74, 6) is -0.847. The number of benzene rings is 2. The lowest BCUT2D eigenvalue weighted by Gasteiger charge is -2.28. The first kappa shape index (κ1) is 19.2. The van der Waals surface area contributed by atoms with E-state index in [-0.39, 0.29) is 40.9 Å². The van der Waals surface area contributed by atoms with E-state index in [0.29, 0.717) is 5.56 Å². The molecule has 0 radical (unpaired) electrons. The van der Waals surface area contributed by atoms with E-state index in [1.807, 2.05) is 4.72 Å². The Bertz CT molecular complexity index is 1020. The van der Waals surface area contributed by atoms with Crippen LogP contribution in [0.5, 0.6) is 11.5 Å². The summed E-state index contributed by atoms with van der Waals surface area (Å²) in [4.78, 5) is 13.4. The molecule has 144 valence electrons. The second kappa shape index (κ2) is 7.22. The van der Waals surface area contributed by atoms with E-state index in [1.54, 1.807) is 0 Å². The van der Waals surface area contributed by atoms with Crippen molar-refractivity contribution in [2.75, 3.05) is 11.8 Å². The molecular formula is C16H15ClFN3O5S. The average Bonchev–Trinajstić information content (AvgIpc) is 2.61. The predicted molar refractivity (Wildman–Crippen MR) is 96.4 cm³/mol. The third-order valence-electron chi connectivity index (χ3n) is 3.90. The summed E-state index contributed by atoms with van der Waals surface area (Å²) >= 11 is 5.87. The third-order valence-corrected chi connectivity index (χ3v) is 5.23. The number of amides is 1. The van der Waals surface area contributed by atoms with Crippen LogP contribution in [0.4, 0.5) is 14.9 Å². The molecule has 0 saturated carbocycles. The number of anilines is 1. The number of phenols is 1. The number of hydrogen-bond donors (Lipinski definition) is 3. The molecule has 0 saturated heterocycles. The Hall–Kier alpha value is -2.56. The van der Waals surface area contributed by atoms with Gasteiger partial charge >= 0.3 is 6.09 Å². The summed E-state index contributed by atoms with van der Waals surface area (Å²) in [5, 5.41) is 9.69. The second-order valence-electron chi connectivity index (χ2n) is 5.72. The SMILES string of the molecule is CNS(=O)(=O)Nc1cccc(CN2Cc3cc(Cl)c(O)cc3OC2=O)c1F. The monoisotopic (exact) mass is 415 g/mol. The first-order valence-electron chi connectivity index (χ1n) is 7.67. The number of rotatable bonds is 5. The molecular weight excluding hydrogens is 401 g/mol. The lowest BCUT2D eigenvalue weighted by Crippen LogP contribution is -2.36. The fourth-order valence-corrected chi connectivity index (χ4v) is 3.27. The fraction of sp³-hybridized carbons (Fsp3) is 0.188. The molecule has 1 amide bonds. The zero-order valence-corrected chi connectivity index (χ0v) is 15.6. The molecule has 2 aromatic rings. The topological polar surface area (TPSA) is 108 Å². The van der Waals surface area contributed by atoms with Gasteiger partial charge in [0.25, 0.3) is 10.2 Å². The van der Waals surface area contributed by atoms with Gasteiger partial charge in [-0.25, -0.2) is 13.9 Å². The van der Waals surface area contributed by atoms with Crippen molar-refractivity contribution in [3.8, 4) is 11.5 Å². The van der Waals surface area contributed by atoms with Crippen LogP contribution in [0.3, 0.4) is 0 Å². The molecule has 0 atom stereocenters. The number of aromatic hydroxyl groups is 1. The lowest BCUT2D eigenvalue weighted by atomic mass is 10.1. The van der Waals surface area contributed by atoms with E-state index in [1.165, 1.54) is 42.3 Å². The van der Waals surface area contributed by atoms with E-state index in [2.05, 4.69) is 4.72 Å². The van der Waals surface area contributed by atoms with Gasteiger partial charge < -0.3 is 9.84 Å². The van der Waals surface area contributed by atoms with Gasteiger partial charge in [-0.05, 0) is 12.1 Å². The smallest absolute Gasteiger partial charge is 0.415 e. The highest BCUT2D eigenvalue weighted by molar-refractivity contribution is 7.90. The van der Waals surface area contributed by atoms with Crippen LogP contribution < -0.4 is 14.2 Å². The number of phenolic OH excluding ortho intramolecular Hbond substituents is 1. The Labute approximate surface area is 159 Å². The van der Waals surface area contributed by atoms with Crippen molar-refractivity contribution >= 4 is 33.6 Å². The third kappa shape index (κ3) is 4.07. The van der Waals surface area contributed by atoms with Crippen LogP contribution in [0.15, 0.2) is 30.3 Å². The van der Waals surface area contributed by atoms with Crippen molar-refractivity contribution in [3.05, 3.63) is 52.3 Å². The van der Waals surface area contributed by atoms with Gasteiger partial charge in [0.2, 0.25) is 0 Å². The van der Waals surface area contributed by atoms with E-state index in [0.717, 1.165) is 0 Å². The number of hydrogen-bond acceptors (Lipinski definition) is 5. The molecule has 11 heteroatoms. The van der Waals surface area contributed by atoms with Crippen molar-refractivity contribution in [2.45, 2.75) is 13.1 Å². The molecule has 3 N–H and O–H groups in total. The Morgan fingerprint density at radius 2 is 2.11 bits per heavy atom. The molecule has 0 spiro atoms. The molecule has 1 aliphatic heterocycles. The van der Waals surface area contributed by atoms with Crippen LogP contribution >= 0.6 is 11.6 Å². The Kier molecular flexibility index (Phi) is 5.13. The highest BCUT2D eigenvalue weighted by Crippen LogP contribution is 2.35. The molecule has 0 aliphatic carbocycles. The van der Waals surface area contributed by atoms with Crippen molar-refractivity contribution in [2.24, 2.45) is 0 Å². The summed E-state index contributed by atoms with van der Waals surface area (Å²) in [6.07, 6.45) is -0.732. The Balaban J connectivity index is 1.85. The standard InChI is InChI=1S/C16H15ClFN3O5S/c1-19-27(24,25)20-12-4-2-3-9(15(12)18)7-21-8-10-5-11(17)13(22)6-14(10)26-16(21)23/h2-6,19-20,22H,7-8H2,1H3. The Morgan fingerprint density at radius 3 is 2.81 bits per heavy atom. The van der Waals surface area contributed by atoms with Crippen LogP contribution in [0.1, 0.15) is 11.1 Å². The summed E-state index contributed by atoms with van der Waals surface area (Å²) in [7, 11) is -2.70. The number of fused-ring (bicyclic) bond motifs is 1. The minimum Gasteiger partial charge on any atom is -0.506 e. The summed E-state index contributed by atoms with van der Waals surface area (Å²) in [5.41, 5.74) is 0.391. The summed E-state index contributed by atoms with van der Waals surface area (Å²) in [6, 6.07) is 6.85. The maximum absolute atomic E-state index is 14.6. The van der Waals surface area contributed by atoms with Crippen LogP contribution in [0, 0.1) is 5.82 Å². The normalized spacial score (nSPS) is 13.9. The van der Waals surface area contributed by atoms with E-state index in [4.69, 9.17) is 16.3 Å². The van der Waals surface area contributed by atoms with Gasteiger partial charge in [-0.15, -0.1) is 0 Å². The molecule has 0 fully saturated rings. The molecule has 0 unspecified atom stereocenters. The minimum absolute atomic E-state index is 0.0834. The molecule has 2 aromatic carbocycles. The van der Waals surface area contributed by atoms with Gasteiger partial charge in [-0.2, -0.15) is 8.42 Å². The van der Waals surface area contributed by atoms with E-state index >= 15 is 0 Å². The Morgan fingerprint density at radius 1 is 1.37 bits per heavy atom. The van der Waals surface area contributed by atoms with Crippen LogP contribution in [-0.4, -0.2) is 31.6 Å². The number of halogens is 2. The average molecular weight is 416 g/mol. The van der Waals surface area contributed by atoms with Crippen molar-refractivity contribution < 1.29 is 27.4 Å². The zero-order chi connectivity index (χ0) is 19.8. The highest BCUT2D eigenvalue weighted by Gasteiger charge is 2.27. The molecule has 27 heavy (non-hydrogen) atoms. The molecule has 3 rings (SSSR count). The van der Waals surface area contributed by atoms with Crippen LogP contribution in [-0.2, 0) is 23.3 Å². The van der Waals surface area contributed by atoms with Crippen molar-refractivity contribution in [1.29, 1.82) is 0 Å². The van der Waals surface area contributed by atoms with Gasteiger partial charge in [0.1, 0.15) is 11.5 Å². The second-order valence-corrected chi connectivity index (χ2v) is 7.75. The molecule has 0 bridgehead atoms. The zero-order valence-electron chi connectivity index (χ0n) is 14.0. The van der Waals surface area contributed by atoms with Gasteiger partial charge in [0.15, 0.2) is 5.82 Å². The number of carbonyl (C=O) groups excluding carboxylic acids is 1. The predicted octanol–water partition coefficient (Wildman–Crippen LogP) is 2.58. The molecule has 8 nitrogen and oxygen atoms in total. The lowest BCUT2D eigenvalue weighted by molar-refractivity contribution is 0.134. The van der Waals surface area contributed by atoms with Gasteiger partial charge in [-0.1, -0.05) is 23.7 Å².